The molecule has 0 atom stereocenters. The maximum atomic E-state index is 4.68. The second kappa shape index (κ2) is 8.28. The lowest BCUT2D eigenvalue weighted by Gasteiger charge is -2.15. The maximum Gasteiger partial charge on any atom is 0.137 e. The zero-order chi connectivity index (χ0) is 21.3. The molecule has 1 saturated heterocycles. The molecule has 0 aliphatic carbocycles. The Bertz CT molecular complexity index is 1240. The molecule has 1 aromatic carbocycles. The Morgan fingerprint density at radius 1 is 0.938 bits per heavy atom. The van der Waals surface area contributed by atoms with Crippen molar-refractivity contribution in [2.45, 2.75) is 19.3 Å². The minimum Gasteiger partial charge on any atom is -0.384 e. The number of aromatic amines is 1. The molecule has 5 heterocycles. The fraction of sp³-hybridized carbons (Fsp3) is 0.308. The highest BCUT2D eigenvalue weighted by Gasteiger charge is 2.14. The van der Waals surface area contributed by atoms with Gasteiger partial charge in [0.15, 0.2) is 0 Å². The molecule has 0 saturated carbocycles. The molecule has 6 nitrogen and oxygen atoms in total. The Morgan fingerprint density at radius 2 is 1.81 bits per heavy atom. The van der Waals surface area contributed by atoms with E-state index >= 15 is 0 Å². The summed E-state index contributed by atoms with van der Waals surface area (Å²) in [6.45, 7) is 5.50. The minimum atomic E-state index is 0.913. The van der Waals surface area contributed by atoms with Crippen molar-refractivity contribution < 1.29 is 0 Å². The van der Waals surface area contributed by atoms with Crippen LogP contribution in [0.25, 0.3) is 33.3 Å². The van der Waals surface area contributed by atoms with Gasteiger partial charge in [0.2, 0.25) is 0 Å². The molecule has 0 spiro atoms. The van der Waals surface area contributed by atoms with Crippen LogP contribution < -0.4 is 10.6 Å². The van der Waals surface area contributed by atoms with Crippen LogP contribution in [0.3, 0.4) is 0 Å². The monoisotopic (exact) mass is 424 g/mol. The highest BCUT2D eigenvalue weighted by Crippen LogP contribution is 2.34. The largest absolute Gasteiger partial charge is 0.384 e. The zero-order valence-electron chi connectivity index (χ0n) is 18.2. The van der Waals surface area contributed by atoms with E-state index in [0.717, 1.165) is 54.0 Å². The van der Waals surface area contributed by atoms with E-state index in [4.69, 9.17) is 0 Å². The van der Waals surface area contributed by atoms with Gasteiger partial charge in [0.1, 0.15) is 11.5 Å². The smallest absolute Gasteiger partial charge is 0.137 e. The molecule has 0 unspecified atom stereocenters. The molecule has 0 amide bonds. The lowest BCUT2D eigenvalue weighted by molar-refractivity contribution is 0.352. The van der Waals surface area contributed by atoms with Gasteiger partial charge in [-0.25, -0.2) is 9.97 Å². The first-order chi connectivity index (χ1) is 15.8. The van der Waals surface area contributed by atoms with Crippen LogP contribution in [0.2, 0.25) is 0 Å². The molecule has 162 valence electrons. The summed E-state index contributed by atoms with van der Waals surface area (Å²) in [5.74, 6) is 0.927. The maximum absolute atomic E-state index is 4.68. The van der Waals surface area contributed by atoms with Crippen LogP contribution in [0.15, 0.2) is 55.0 Å². The molecule has 0 radical (unpaired) electrons. The van der Waals surface area contributed by atoms with Gasteiger partial charge in [-0.1, -0.05) is 6.07 Å². The van der Waals surface area contributed by atoms with E-state index in [9.17, 15) is 0 Å². The third-order valence-electron chi connectivity index (χ3n) is 6.69. The van der Waals surface area contributed by atoms with Crippen molar-refractivity contribution >= 4 is 22.5 Å². The molecular weight excluding hydrogens is 396 g/mol. The number of benzene rings is 1. The van der Waals surface area contributed by atoms with Crippen LogP contribution in [-0.4, -0.2) is 52.6 Å². The van der Waals surface area contributed by atoms with Crippen molar-refractivity contribution in [3.8, 4) is 22.3 Å². The van der Waals surface area contributed by atoms with E-state index in [1.165, 1.54) is 48.3 Å². The summed E-state index contributed by atoms with van der Waals surface area (Å²) in [4.78, 5) is 15.2. The summed E-state index contributed by atoms with van der Waals surface area (Å²) < 4.78 is 0. The number of aromatic nitrogens is 3. The summed E-state index contributed by atoms with van der Waals surface area (Å²) in [5.41, 5.74) is 8.14. The van der Waals surface area contributed by atoms with Gasteiger partial charge in [-0.3, -0.25) is 0 Å². The molecule has 0 bridgehead atoms. The van der Waals surface area contributed by atoms with E-state index in [0.29, 0.717) is 0 Å². The molecule has 4 aromatic rings. The first-order valence-corrected chi connectivity index (χ1v) is 11.6. The molecule has 1 fully saturated rings. The number of hydrogen-bond acceptors (Lipinski definition) is 5. The molecule has 2 aliphatic heterocycles. The van der Waals surface area contributed by atoms with Gasteiger partial charge in [-0.15, -0.1) is 0 Å². The number of nitrogens with zero attached hydrogens (tertiary/aromatic N) is 3. The number of H-pyrrole nitrogens is 1. The van der Waals surface area contributed by atoms with E-state index in [-0.39, 0.29) is 0 Å². The molecule has 6 rings (SSSR count). The third-order valence-corrected chi connectivity index (χ3v) is 6.69. The molecule has 2 aliphatic rings. The van der Waals surface area contributed by atoms with Crippen molar-refractivity contribution in [2.75, 3.05) is 43.4 Å². The van der Waals surface area contributed by atoms with Gasteiger partial charge in [-0.2, -0.15) is 0 Å². The van der Waals surface area contributed by atoms with Crippen molar-refractivity contribution in [1.82, 2.24) is 19.9 Å². The Labute approximate surface area is 188 Å². The normalized spacial score (nSPS) is 15.8. The predicted octanol–water partition coefficient (Wildman–Crippen LogP) is 4.77. The number of rotatable bonds is 6. The number of pyridine rings is 2. The molecule has 3 N–H and O–H groups in total. The number of hydrogen-bond donors (Lipinski definition) is 3. The van der Waals surface area contributed by atoms with E-state index in [2.05, 4.69) is 73.1 Å². The van der Waals surface area contributed by atoms with Crippen LogP contribution in [0, 0.1) is 0 Å². The average molecular weight is 425 g/mol. The van der Waals surface area contributed by atoms with E-state index in [1.54, 1.807) is 0 Å². The zero-order valence-corrected chi connectivity index (χ0v) is 18.2. The highest BCUT2D eigenvalue weighted by molar-refractivity contribution is 5.96. The van der Waals surface area contributed by atoms with Crippen LogP contribution in [0.5, 0.6) is 0 Å². The number of fused-ring (bicyclic) bond motifs is 2. The van der Waals surface area contributed by atoms with Crippen molar-refractivity contribution in [1.29, 1.82) is 0 Å². The summed E-state index contributed by atoms with van der Waals surface area (Å²) >= 11 is 0. The summed E-state index contributed by atoms with van der Waals surface area (Å²) in [6.07, 6.45) is 9.67. The lowest BCUT2D eigenvalue weighted by Crippen LogP contribution is -2.26. The van der Waals surface area contributed by atoms with Gasteiger partial charge < -0.3 is 20.5 Å². The second-order valence-electron chi connectivity index (χ2n) is 8.78. The van der Waals surface area contributed by atoms with Crippen molar-refractivity contribution in [3.05, 3.63) is 60.6 Å². The number of nitrogens with one attached hydrogen (secondary N) is 3. The van der Waals surface area contributed by atoms with Crippen LogP contribution in [0.1, 0.15) is 18.4 Å². The van der Waals surface area contributed by atoms with E-state index in [1.807, 2.05) is 12.4 Å². The fourth-order valence-electron chi connectivity index (χ4n) is 4.89. The molecule has 6 heteroatoms. The van der Waals surface area contributed by atoms with Crippen LogP contribution in [0.4, 0.5) is 11.5 Å². The quantitative estimate of drug-likeness (QED) is 0.416. The van der Waals surface area contributed by atoms with Crippen molar-refractivity contribution in [3.63, 3.8) is 0 Å². The topological polar surface area (TPSA) is 68.9 Å². The first-order valence-electron chi connectivity index (χ1n) is 11.6. The minimum absolute atomic E-state index is 0.913. The predicted molar refractivity (Wildman–Crippen MR) is 131 cm³/mol. The molecule has 3 aromatic heterocycles. The van der Waals surface area contributed by atoms with Gasteiger partial charge in [-0.05, 0) is 73.8 Å². The summed E-state index contributed by atoms with van der Waals surface area (Å²) in [6, 6.07) is 13.1. The van der Waals surface area contributed by atoms with Gasteiger partial charge in [0.05, 0.1) is 0 Å². The molecule has 32 heavy (non-hydrogen) atoms. The van der Waals surface area contributed by atoms with Gasteiger partial charge in [0.25, 0.3) is 0 Å². The number of anilines is 2. The standard InChI is InChI=1S/C26H28N6/c1-2-11-32(10-1)12-9-28-25-6-4-20(15-29-25)21-14-22-23(17-31-26(22)30-16-21)18-3-5-24-19(13-18)7-8-27-24/h3-6,13-17,27H,1-2,7-12H2,(H,28,29)(H,30,31). The van der Waals surface area contributed by atoms with Crippen molar-refractivity contribution in [2.24, 2.45) is 0 Å². The Morgan fingerprint density at radius 3 is 2.69 bits per heavy atom. The lowest BCUT2D eigenvalue weighted by atomic mass is 10.0. The highest BCUT2D eigenvalue weighted by atomic mass is 15.2. The SMILES string of the molecule is c1cc(NCCN2CCCC2)ncc1-c1cnc2[nH]cc(-c3ccc4c(c3)CCN4)c2c1. The van der Waals surface area contributed by atoms with Gasteiger partial charge in [0, 0.05) is 66.0 Å². The average Bonchev–Trinajstić information content (AvgIpc) is 3.59. The first kappa shape index (κ1) is 19.3. The summed E-state index contributed by atoms with van der Waals surface area (Å²) in [7, 11) is 0. The van der Waals surface area contributed by atoms with Crippen LogP contribution >= 0.6 is 0 Å². The fourth-order valence-corrected chi connectivity index (χ4v) is 4.89. The van der Waals surface area contributed by atoms with Crippen LogP contribution in [-0.2, 0) is 6.42 Å². The number of likely N-dealkylation sites (tertiary alicyclic amines) is 1. The molecular formula is C26H28N6. The third kappa shape index (κ3) is 3.71. The Hall–Kier alpha value is -3.38. The Kier molecular flexibility index (Phi) is 5.00. The Balaban J connectivity index is 1.22. The van der Waals surface area contributed by atoms with Gasteiger partial charge >= 0.3 is 0 Å². The second-order valence-corrected chi connectivity index (χ2v) is 8.78. The van der Waals surface area contributed by atoms with E-state index < -0.39 is 0 Å². The summed E-state index contributed by atoms with van der Waals surface area (Å²) in [5, 5.41) is 8.03.